The zero-order valence-electron chi connectivity index (χ0n) is 19.1. The molecular formula is C27H38O3S. The predicted octanol–water partition coefficient (Wildman–Crippen LogP) is 7.17. The normalized spacial score (nSPS) is 20.0. The smallest absolute Gasteiger partial charge is 0.305 e. The standard InChI is InChI=1S/C27H38O3S/c1-3-4-5-6-13-18-26(31-22-15-10-9-11-16-22)24-20-21-25(28)23(24)17-12-7-8-14-19-27(29)30-2/h7,9-13,15-16,18,23-24,26H,3-6,8,14,17,19-21H2,1-2H3/b12-7?,18-13+. The van der Waals surface area contributed by atoms with Crippen LogP contribution in [-0.2, 0) is 14.3 Å². The Morgan fingerprint density at radius 3 is 2.65 bits per heavy atom. The Labute approximate surface area is 192 Å². The summed E-state index contributed by atoms with van der Waals surface area (Å²) < 4.78 is 4.68. The van der Waals surface area contributed by atoms with Gasteiger partial charge in [-0.25, -0.2) is 0 Å². The fourth-order valence-corrected chi connectivity index (χ4v) is 5.45. The lowest BCUT2D eigenvalue weighted by molar-refractivity contribution is -0.140. The molecule has 0 radical (unpaired) electrons. The monoisotopic (exact) mass is 442 g/mol. The molecule has 3 unspecified atom stereocenters. The summed E-state index contributed by atoms with van der Waals surface area (Å²) in [6.07, 6.45) is 18.4. The maximum atomic E-state index is 12.7. The largest absolute Gasteiger partial charge is 0.469 e. The molecule has 1 fully saturated rings. The van der Waals surface area contributed by atoms with E-state index >= 15 is 0 Å². The number of methoxy groups -OCH3 is 1. The van der Waals surface area contributed by atoms with Gasteiger partial charge in [-0.2, -0.15) is 0 Å². The first-order chi connectivity index (χ1) is 15.2. The molecular weight excluding hydrogens is 404 g/mol. The van der Waals surface area contributed by atoms with E-state index < -0.39 is 0 Å². The molecule has 1 aliphatic rings. The van der Waals surface area contributed by atoms with Gasteiger partial charge in [0.2, 0.25) is 0 Å². The van der Waals surface area contributed by atoms with E-state index in [-0.39, 0.29) is 11.9 Å². The Morgan fingerprint density at radius 2 is 1.90 bits per heavy atom. The molecule has 1 aliphatic carbocycles. The van der Waals surface area contributed by atoms with E-state index in [1.807, 2.05) is 17.8 Å². The summed E-state index contributed by atoms with van der Waals surface area (Å²) in [6, 6.07) is 10.5. The van der Waals surface area contributed by atoms with E-state index in [9.17, 15) is 9.59 Å². The molecule has 0 saturated heterocycles. The SMILES string of the molecule is CCCCC/C=C/C(Sc1ccccc1)C1CCC(=O)C1CC=CCCCC(=O)OC. The second-order valence-electron chi connectivity index (χ2n) is 8.27. The third-order valence-corrected chi connectivity index (χ3v) is 7.25. The van der Waals surface area contributed by atoms with Crippen LogP contribution in [-0.4, -0.2) is 24.1 Å². The van der Waals surface area contributed by atoms with Gasteiger partial charge in [0.1, 0.15) is 5.78 Å². The van der Waals surface area contributed by atoms with Crippen LogP contribution < -0.4 is 0 Å². The zero-order chi connectivity index (χ0) is 22.3. The molecule has 0 aromatic heterocycles. The number of unbranched alkanes of at least 4 members (excludes halogenated alkanes) is 4. The topological polar surface area (TPSA) is 43.4 Å². The van der Waals surface area contributed by atoms with E-state index in [4.69, 9.17) is 0 Å². The minimum Gasteiger partial charge on any atom is -0.469 e. The first-order valence-electron chi connectivity index (χ1n) is 11.8. The van der Waals surface area contributed by atoms with E-state index in [2.05, 4.69) is 60.2 Å². The molecule has 0 bridgehead atoms. The van der Waals surface area contributed by atoms with Crippen molar-refractivity contribution in [3.8, 4) is 0 Å². The summed E-state index contributed by atoms with van der Waals surface area (Å²) in [5.41, 5.74) is 0. The van der Waals surface area contributed by atoms with Gasteiger partial charge in [0.25, 0.3) is 0 Å². The van der Waals surface area contributed by atoms with E-state index in [1.165, 1.54) is 31.3 Å². The van der Waals surface area contributed by atoms with Crippen LogP contribution in [0.25, 0.3) is 0 Å². The van der Waals surface area contributed by atoms with Crippen LogP contribution in [0, 0.1) is 11.8 Å². The number of hydrogen-bond donors (Lipinski definition) is 0. The molecule has 0 aliphatic heterocycles. The number of benzene rings is 1. The number of ketones is 1. The lowest BCUT2D eigenvalue weighted by atomic mass is 9.88. The summed E-state index contributed by atoms with van der Waals surface area (Å²) in [6.45, 7) is 2.23. The number of rotatable bonds is 14. The van der Waals surface area contributed by atoms with Gasteiger partial charge in [0.05, 0.1) is 7.11 Å². The van der Waals surface area contributed by atoms with Gasteiger partial charge in [-0.1, -0.05) is 62.3 Å². The Kier molecular flexibility index (Phi) is 12.4. The van der Waals surface area contributed by atoms with Crippen molar-refractivity contribution >= 4 is 23.5 Å². The van der Waals surface area contributed by atoms with Crippen molar-refractivity contribution in [2.24, 2.45) is 11.8 Å². The molecule has 0 amide bonds. The molecule has 0 N–H and O–H groups in total. The molecule has 170 valence electrons. The highest BCUT2D eigenvalue weighted by atomic mass is 32.2. The number of carbonyl (C=O) groups is 2. The van der Waals surface area contributed by atoms with Crippen LogP contribution in [0.1, 0.15) is 71.1 Å². The van der Waals surface area contributed by atoms with Crippen LogP contribution in [0.2, 0.25) is 0 Å². The number of ether oxygens (including phenoxy) is 1. The van der Waals surface area contributed by atoms with E-state index in [0.717, 1.165) is 32.1 Å². The number of Topliss-reactive ketones (excluding diaryl/α,β-unsaturated/α-hetero) is 1. The fourth-order valence-electron chi connectivity index (χ4n) is 4.13. The Bertz CT molecular complexity index is 710. The van der Waals surface area contributed by atoms with E-state index in [0.29, 0.717) is 29.8 Å². The molecule has 31 heavy (non-hydrogen) atoms. The molecule has 1 saturated carbocycles. The third-order valence-electron chi connectivity index (χ3n) is 5.93. The predicted molar refractivity (Wildman–Crippen MR) is 130 cm³/mol. The van der Waals surface area contributed by atoms with Gasteiger partial charge in [-0.05, 0) is 56.6 Å². The first kappa shape index (κ1) is 25.5. The summed E-state index contributed by atoms with van der Waals surface area (Å²) in [5, 5.41) is 0.327. The number of esters is 1. The lowest BCUT2D eigenvalue weighted by Gasteiger charge is -2.25. The third kappa shape index (κ3) is 9.47. The highest BCUT2D eigenvalue weighted by Gasteiger charge is 2.38. The Morgan fingerprint density at radius 1 is 1.13 bits per heavy atom. The maximum absolute atomic E-state index is 12.7. The summed E-state index contributed by atoms with van der Waals surface area (Å²) in [4.78, 5) is 25.2. The Balaban J connectivity index is 1.98. The zero-order valence-corrected chi connectivity index (χ0v) is 19.9. The summed E-state index contributed by atoms with van der Waals surface area (Å²) in [5.74, 6) is 0.714. The van der Waals surface area contributed by atoms with Gasteiger partial charge in [0.15, 0.2) is 0 Å². The van der Waals surface area contributed by atoms with Gasteiger partial charge < -0.3 is 4.74 Å². The molecule has 3 atom stereocenters. The van der Waals surface area contributed by atoms with Crippen molar-refractivity contribution in [2.45, 2.75) is 81.3 Å². The van der Waals surface area contributed by atoms with Crippen LogP contribution >= 0.6 is 11.8 Å². The van der Waals surface area contributed by atoms with Crippen molar-refractivity contribution in [1.82, 2.24) is 0 Å². The van der Waals surface area contributed by atoms with Crippen molar-refractivity contribution in [3.63, 3.8) is 0 Å². The minimum absolute atomic E-state index is 0.0957. The molecule has 3 nitrogen and oxygen atoms in total. The van der Waals surface area contributed by atoms with E-state index in [1.54, 1.807) is 0 Å². The highest BCUT2D eigenvalue weighted by Crippen LogP contribution is 2.41. The van der Waals surface area contributed by atoms with Crippen molar-refractivity contribution in [2.75, 3.05) is 7.11 Å². The van der Waals surface area contributed by atoms with Gasteiger partial charge in [0, 0.05) is 28.9 Å². The average molecular weight is 443 g/mol. The number of thioether (sulfide) groups is 1. The summed E-state index contributed by atoms with van der Waals surface area (Å²) >= 11 is 1.89. The number of allylic oxidation sites excluding steroid dienone is 3. The van der Waals surface area contributed by atoms with Crippen molar-refractivity contribution < 1.29 is 14.3 Å². The lowest BCUT2D eigenvalue weighted by Crippen LogP contribution is -2.23. The maximum Gasteiger partial charge on any atom is 0.305 e. The Hall–Kier alpha value is -1.81. The molecule has 1 aromatic rings. The van der Waals surface area contributed by atoms with Gasteiger partial charge >= 0.3 is 5.97 Å². The van der Waals surface area contributed by atoms with Gasteiger partial charge in [-0.15, -0.1) is 11.8 Å². The second-order valence-corrected chi connectivity index (χ2v) is 9.52. The highest BCUT2D eigenvalue weighted by molar-refractivity contribution is 8.00. The van der Waals surface area contributed by atoms with Crippen LogP contribution in [0.3, 0.4) is 0 Å². The second kappa shape index (κ2) is 15.1. The summed E-state index contributed by atoms with van der Waals surface area (Å²) in [7, 11) is 1.42. The van der Waals surface area contributed by atoms with Crippen molar-refractivity contribution in [3.05, 3.63) is 54.6 Å². The quantitative estimate of drug-likeness (QED) is 0.133. The molecule has 4 heteroatoms. The minimum atomic E-state index is -0.161. The van der Waals surface area contributed by atoms with Crippen molar-refractivity contribution in [1.29, 1.82) is 0 Å². The molecule has 0 spiro atoms. The van der Waals surface area contributed by atoms with Crippen LogP contribution in [0.4, 0.5) is 0 Å². The molecule has 2 rings (SSSR count). The fraction of sp³-hybridized carbons (Fsp3) is 0.556. The van der Waals surface area contributed by atoms with Crippen LogP contribution in [0.5, 0.6) is 0 Å². The van der Waals surface area contributed by atoms with Crippen LogP contribution in [0.15, 0.2) is 59.5 Å². The number of carbonyl (C=O) groups excluding carboxylic acids is 2. The first-order valence-corrected chi connectivity index (χ1v) is 12.7. The average Bonchev–Trinajstić information content (AvgIpc) is 3.15. The van der Waals surface area contributed by atoms with Gasteiger partial charge in [-0.3, -0.25) is 9.59 Å². The molecule has 0 heterocycles. The molecule has 1 aromatic carbocycles. The number of hydrogen-bond acceptors (Lipinski definition) is 4.